The number of hydrogen-bond donors (Lipinski definition) is 0. The standard InChI is InChI=1S/C18H14NO2S/c1-2-4-13(5-3-1)15-10-14-6-7-16(11-17(14)20-12-15)21-18-19-8-9-22-18/h1-8,11,15H,10,12H2. The van der Waals surface area contributed by atoms with Gasteiger partial charge < -0.3 is 9.47 Å². The second-order valence-corrected chi connectivity index (χ2v) is 6.03. The Bertz CT molecular complexity index is 756. The highest BCUT2D eigenvalue weighted by Crippen LogP contribution is 2.36. The first-order valence-corrected chi connectivity index (χ1v) is 8.00. The summed E-state index contributed by atoms with van der Waals surface area (Å²) >= 11 is 1.35. The van der Waals surface area contributed by atoms with Crippen molar-refractivity contribution in [2.75, 3.05) is 6.61 Å². The average molecular weight is 308 g/mol. The van der Waals surface area contributed by atoms with Crippen LogP contribution in [0.25, 0.3) is 0 Å². The Morgan fingerprint density at radius 2 is 2.09 bits per heavy atom. The highest BCUT2D eigenvalue weighted by atomic mass is 32.1. The topological polar surface area (TPSA) is 31.4 Å². The molecule has 0 amide bonds. The van der Waals surface area contributed by atoms with E-state index in [9.17, 15) is 0 Å². The normalized spacial score (nSPS) is 16.6. The van der Waals surface area contributed by atoms with Crippen LogP contribution in [0.3, 0.4) is 0 Å². The third kappa shape index (κ3) is 2.70. The van der Waals surface area contributed by atoms with Gasteiger partial charge in [0, 0.05) is 12.0 Å². The summed E-state index contributed by atoms with van der Waals surface area (Å²) in [6, 6.07) is 16.5. The minimum atomic E-state index is 0.411. The lowest BCUT2D eigenvalue weighted by molar-refractivity contribution is 0.261. The predicted molar refractivity (Wildman–Crippen MR) is 85.8 cm³/mol. The van der Waals surface area contributed by atoms with Gasteiger partial charge in [-0.15, -0.1) is 0 Å². The molecule has 0 spiro atoms. The summed E-state index contributed by atoms with van der Waals surface area (Å²) in [7, 11) is 0. The van der Waals surface area contributed by atoms with E-state index < -0.39 is 0 Å². The van der Waals surface area contributed by atoms with E-state index in [0.717, 1.165) is 17.9 Å². The number of benzene rings is 2. The summed E-state index contributed by atoms with van der Waals surface area (Å²) in [5.41, 5.74) is 2.55. The largest absolute Gasteiger partial charge is 0.493 e. The van der Waals surface area contributed by atoms with Gasteiger partial charge in [0.1, 0.15) is 11.5 Å². The Hall–Kier alpha value is -2.33. The van der Waals surface area contributed by atoms with Crippen LogP contribution in [0.4, 0.5) is 0 Å². The summed E-state index contributed by atoms with van der Waals surface area (Å²) in [5.74, 6) is 2.07. The van der Waals surface area contributed by atoms with Crippen LogP contribution >= 0.6 is 11.3 Å². The Kier molecular flexibility index (Phi) is 3.52. The van der Waals surface area contributed by atoms with Crippen molar-refractivity contribution in [3.05, 3.63) is 71.2 Å². The highest BCUT2D eigenvalue weighted by molar-refractivity contribution is 7.10. The van der Waals surface area contributed by atoms with Crippen molar-refractivity contribution in [3.8, 4) is 16.7 Å². The van der Waals surface area contributed by atoms with Gasteiger partial charge >= 0.3 is 0 Å². The molecule has 1 unspecified atom stereocenters. The molecule has 109 valence electrons. The molecule has 3 nitrogen and oxygen atoms in total. The summed E-state index contributed by atoms with van der Waals surface area (Å²) in [6.45, 7) is 0.700. The van der Waals surface area contributed by atoms with Crippen LogP contribution in [0.1, 0.15) is 17.0 Å². The predicted octanol–water partition coefficient (Wildman–Crippen LogP) is 4.45. The molecule has 3 aromatic rings. The quantitative estimate of drug-likeness (QED) is 0.716. The lowest BCUT2D eigenvalue weighted by Gasteiger charge is -2.26. The smallest absolute Gasteiger partial charge is 0.279 e. The molecule has 1 radical (unpaired) electrons. The van der Waals surface area contributed by atoms with Gasteiger partial charge in [-0.3, -0.25) is 0 Å². The molecule has 1 atom stereocenters. The Balaban J connectivity index is 1.54. The molecule has 0 saturated carbocycles. The van der Waals surface area contributed by atoms with E-state index in [4.69, 9.17) is 9.47 Å². The molecule has 2 aromatic carbocycles. The molecule has 0 fully saturated rings. The van der Waals surface area contributed by atoms with Crippen LogP contribution in [-0.2, 0) is 6.42 Å². The van der Waals surface area contributed by atoms with Crippen molar-refractivity contribution in [1.82, 2.24) is 4.98 Å². The van der Waals surface area contributed by atoms with Crippen molar-refractivity contribution in [2.45, 2.75) is 12.3 Å². The van der Waals surface area contributed by atoms with E-state index >= 15 is 0 Å². The number of rotatable bonds is 3. The van der Waals surface area contributed by atoms with Crippen LogP contribution in [-0.4, -0.2) is 11.6 Å². The van der Waals surface area contributed by atoms with E-state index in [1.807, 2.05) is 18.2 Å². The summed E-state index contributed by atoms with van der Waals surface area (Å²) in [4.78, 5) is 4.08. The third-order valence-corrected chi connectivity index (χ3v) is 4.38. The van der Waals surface area contributed by atoms with Crippen molar-refractivity contribution < 1.29 is 9.47 Å². The molecule has 0 bridgehead atoms. The maximum Gasteiger partial charge on any atom is 0.279 e. The second-order valence-electron chi connectivity index (χ2n) is 5.24. The zero-order chi connectivity index (χ0) is 14.8. The minimum absolute atomic E-state index is 0.411. The Morgan fingerprint density at radius 1 is 1.18 bits per heavy atom. The lowest BCUT2D eigenvalue weighted by Crippen LogP contribution is -2.19. The van der Waals surface area contributed by atoms with Gasteiger partial charge in [0.25, 0.3) is 5.19 Å². The van der Waals surface area contributed by atoms with E-state index in [1.165, 1.54) is 22.5 Å². The molecule has 4 heteroatoms. The molecular weight excluding hydrogens is 294 g/mol. The first-order chi connectivity index (χ1) is 10.9. The second kappa shape index (κ2) is 5.81. The molecule has 0 N–H and O–H groups in total. The van der Waals surface area contributed by atoms with Crippen LogP contribution in [0.15, 0.2) is 54.7 Å². The van der Waals surface area contributed by atoms with Crippen LogP contribution in [0.2, 0.25) is 0 Å². The number of thiazole rings is 1. The van der Waals surface area contributed by atoms with E-state index in [1.54, 1.807) is 6.20 Å². The van der Waals surface area contributed by atoms with Crippen molar-refractivity contribution in [2.24, 2.45) is 0 Å². The van der Waals surface area contributed by atoms with Crippen molar-refractivity contribution in [3.63, 3.8) is 0 Å². The zero-order valence-corrected chi connectivity index (χ0v) is 12.7. The van der Waals surface area contributed by atoms with E-state index in [0.29, 0.717) is 17.7 Å². The van der Waals surface area contributed by atoms with Gasteiger partial charge in [-0.1, -0.05) is 47.7 Å². The van der Waals surface area contributed by atoms with Gasteiger partial charge in [0.2, 0.25) is 0 Å². The number of ether oxygens (including phenoxy) is 2. The molecular formula is C18H14NO2S. The van der Waals surface area contributed by atoms with Crippen LogP contribution in [0.5, 0.6) is 16.7 Å². The van der Waals surface area contributed by atoms with Gasteiger partial charge in [-0.05, 0) is 23.6 Å². The lowest BCUT2D eigenvalue weighted by atomic mass is 9.90. The molecule has 1 aliphatic rings. The fraction of sp³-hybridized carbons (Fsp3) is 0.167. The van der Waals surface area contributed by atoms with Gasteiger partial charge in [0.05, 0.1) is 18.2 Å². The number of hydrogen-bond acceptors (Lipinski definition) is 4. The van der Waals surface area contributed by atoms with Gasteiger partial charge in [-0.25, -0.2) is 4.98 Å². The maximum atomic E-state index is 5.95. The van der Waals surface area contributed by atoms with Crippen LogP contribution in [0, 0.1) is 5.38 Å². The first-order valence-electron chi connectivity index (χ1n) is 7.19. The highest BCUT2D eigenvalue weighted by Gasteiger charge is 2.21. The molecule has 1 aromatic heterocycles. The molecule has 4 rings (SSSR count). The van der Waals surface area contributed by atoms with Gasteiger partial charge in [0.15, 0.2) is 0 Å². The molecule has 1 aliphatic heterocycles. The Morgan fingerprint density at radius 3 is 2.91 bits per heavy atom. The zero-order valence-electron chi connectivity index (χ0n) is 11.9. The molecule has 0 aliphatic carbocycles. The number of nitrogens with zero attached hydrogens (tertiary/aromatic N) is 1. The first kappa shape index (κ1) is 13.3. The minimum Gasteiger partial charge on any atom is -0.493 e. The molecule has 22 heavy (non-hydrogen) atoms. The Labute approximate surface area is 133 Å². The third-order valence-electron chi connectivity index (χ3n) is 3.79. The fourth-order valence-corrected chi connectivity index (χ4v) is 3.14. The molecule has 2 heterocycles. The van der Waals surface area contributed by atoms with E-state index in [-0.39, 0.29) is 0 Å². The number of aromatic nitrogens is 1. The number of fused-ring (bicyclic) bond motifs is 1. The van der Waals surface area contributed by atoms with E-state index in [2.05, 4.69) is 40.7 Å². The van der Waals surface area contributed by atoms with Crippen molar-refractivity contribution >= 4 is 11.3 Å². The summed E-state index contributed by atoms with van der Waals surface area (Å²) < 4.78 is 11.6. The average Bonchev–Trinajstić information content (AvgIpc) is 3.08. The molecule has 0 saturated heterocycles. The van der Waals surface area contributed by atoms with Crippen LogP contribution < -0.4 is 9.47 Å². The van der Waals surface area contributed by atoms with Gasteiger partial charge in [-0.2, -0.15) is 0 Å². The summed E-state index contributed by atoms with van der Waals surface area (Å²) in [6.07, 6.45) is 2.60. The maximum absolute atomic E-state index is 5.95. The monoisotopic (exact) mass is 308 g/mol. The fourth-order valence-electron chi connectivity index (χ4n) is 2.69. The SMILES string of the molecule is [c]1cnc(Oc2ccc3c(c2)OCC(c2ccccc2)C3)s1. The summed E-state index contributed by atoms with van der Waals surface area (Å²) in [5, 5.41) is 3.51. The van der Waals surface area contributed by atoms with Crippen molar-refractivity contribution in [1.29, 1.82) is 0 Å².